The predicted molar refractivity (Wildman–Crippen MR) is 114 cm³/mol. The van der Waals surface area contributed by atoms with E-state index in [9.17, 15) is 13.2 Å². The van der Waals surface area contributed by atoms with Crippen LogP contribution in [0.15, 0.2) is 12.7 Å². The maximum atomic E-state index is 12.6. The monoisotopic (exact) mass is 504 g/mol. The highest BCUT2D eigenvalue weighted by molar-refractivity contribution is 7.87. The van der Waals surface area contributed by atoms with Crippen molar-refractivity contribution < 1.29 is 32.2 Å². The molecule has 0 unspecified atom stereocenters. The minimum Gasteiger partial charge on any atom is -0.443 e. The van der Waals surface area contributed by atoms with Gasteiger partial charge in [-0.15, -0.1) is 0 Å². The Hall–Kier alpha value is -2.10. The molecule has 0 bridgehead atoms. The molecule has 2 aliphatic heterocycles. The van der Waals surface area contributed by atoms with Gasteiger partial charge in [-0.25, -0.2) is 24.9 Å². The zero-order valence-electron chi connectivity index (χ0n) is 18.6. The molecule has 182 valence electrons. The number of hydrogen-bond donors (Lipinski definition) is 1. The standard InChI is InChI=1S/C18H25ClN6O7S/c1-17(2,3)32-16(26)25(33(20,27)28)6-9-11-12(31-18(4,5)30-11)15(29-9)24-8-23-10-13(19)21-7-22-14(10)24/h7-9,11-12,15H,6H2,1-5H3,(H2,20,27,28)/t9-,11-,12-,15-/m1/s1. The van der Waals surface area contributed by atoms with E-state index in [1.165, 1.54) is 12.7 Å². The second-order valence-corrected chi connectivity index (χ2v) is 11.0. The molecular weight excluding hydrogens is 480 g/mol. The lowest BCUT2D eigenvalue weighted by molar-refractivity contribution is -0.196. The molecule has 4 rings (SSSR count). The number of ether oxygens (including phenoxy) is 4. The Kier molecular flexibility index (Phi) is 5.82. The second-order valence-electron chi connectivity index (χ2n) is 9.17. The van der Waals surface area contributed by atoms with Gasteiger partial charge in [0.05, 0.1) is 12.9 Å². The van der Waals surface area contributed by atoms with Crippen LogP contribution in [0.25, 0.3) is 11.2 Å². The summed E-state index contributed by atoms with van der Waals surface area (Å²) in [5, 5.41) is 5.48. The number of fused-ring (bicyclic) bond motifs is 2. The zero-order valence-corrected chi connectivity index (χ0v) is 20.2. The summed E-state index contributed by atoms with van der Waals surface area (Å²) in [5.74, 6) is -0.989. The fourth-order valence-electron chi connectivity index (χ4n) is 3.80. The number of carbonyl (C=O) groups is 1. The van der Waals surface area contributed by atoms with Crippen LogP contribution in [0.5, 0.6) is 0 Å². The number of aromatic nitrogens is 4. The van der Waals surface area contributed by atoms with E-state index < -0.39 is 58.8 Å². The maximum absolute atomic E-state index is 12.6. The fraction of sp³-hybridized carbons (Fsp3) is 0.667. The Bertz CT molecular complexity index is 1180. The zero-order chi connectivity index (χ0) is 24.3. The van der Waals surface area contributed by atoms with Gasteiger partial charge in [0.2, 0.25) is 0 Å². The number of halogens is 1. The molecule has 0 saturated carbocycles. The quantitative estimate of drug-likeness (QED) is 0.601. The largest absolute Gasteiger partial charge is 0.443 e. The van der Waals surface area contributed by atoms with Crippen LogP contribution < -0.4 is 5.14 Å². The van der Waals surface area contributed by atoms with Crippen molar-refractivity contribution in [1.29, 1.82) is 0 Å². The Morgan fingerprint density at radius 3 is 2.58 bits per heavy atom. The van der Waals surface area contributed by atoms with Crippen molar-refractivity contribution >= 4 is 39.1 Å². The molecule has 4 heterocycles. The van der Waals surface area contributed by atoms with Gasteiger partial charge in [-0.2, -0.15) is 12.7 Å². The summed E-state index contributed by atoms with van der Waals surface area (Å²) in [6, 6.07) is 0. The van der Waals surface area contributed by atoms with Crippen LogP contribution in [0.1, 0.15) is 40.8 Å². The third-order valence-electron chi connectivity index (χ3n) is 4.96. The molecule has 13 nitrogen and oxygen atoms in total. The van der Waals surface area contributed by atoms with Crippen molar-refractivity contribution in [2.24, 2.45) is 5.14 Å². The molecular formula is C18H25ClN6O7S. The van der Waals surface area contributed by atoms with Gasteiger partial charge in [0.25, 0.3) is 0 Å². The summed E-state index contributed by atoms with van der Waals surface area (Å²) in [6.45, 7) is 7.81. The van der Waals surface area contributed by atoms with Crippen molar-refractivity contribution in [1.82, 2.24) is 23.8 Å². The van der Waals surface area contributed by atoms with Gasteiger partial charge in [0.1, 0.15) is 35.8 Å². The van der Waals surface area contributed by atoms with Crippen LogP contribution >= 0.6 is 11.6 Å². The smallest absolute Gasteiger partial charge is 0.425 e. The van der Waals surface area contributed by atoms with Gasteiger partial charge >= 0.3 is 16.3 Å². The summed E-state index contributed by atoms with van der Waals surface area (Å²) in [6.07, 6.45) is -1.51. The number of imidazole rings is 1. The number of hydrogen-bond acceptors (Lipinski definition) is 10. The molecule has 2 aliphatic rings. The highest BCUT2D eigenvalue weighted by atomic mass is 35.5. The highest BCUT2D eigenvalue weighted by Crippen LogP contribution is 2.44. The lowest BCUT2D eigenvalue weighted by Crippen LogP contribution is -2.49. The maximum Gasteiger partial charge on any atom is 0.425 e. The van der Waals surface area contributed by atoms with E-state index in [0.717, 1.165) is 0 Å². The van der Waals surface area contributed by atoms with E-state index in [1.807, 2.05) is 0 Å². The third kappa shape index (κ3) is 4.76. The van der Waals surface area contributed by atoms with E-state index >= 15 is 0 Å². The van der Waals surface area contributed by atoms with Crippen molar-refractivity contribution in [2.75, 3.05) is 6.54 Å². The summed E-state index contributed by atoms with van der Waals surface area (Å²) in [7, 11) is -4.47. The van der Waals surface area contributed by atoms with E-state index in [4.69, 9.17) is 35.7 Å². The summed E-state index contributed by atoms with van der Waals surface area (Å²) >= 11 is 6.11. The van der Waals surface area contributed by atoms with Gasteiger partial charge in [-0.1, -0.05) is 11.6 Å². The first-order valence-electron chi connectivity index (χ1n) is 10.0. The number of nitrogens with zero attached hydrogens (tertiary/aromatic N) is 5. The molecule has 15 heteroatoms. The first-order valence-corrected chi connectivity index (χ1v) is 11.9. The van der Waals surface area contributed by atoms with Crippen LogP contribution in [-0.2, 0) is 29.2 Å². The molecule has 0 spiro atoms. The van der Waals surface area contributed by atoms with E-state index in [0.29, 0.717) is 15.5 Å². The van der Waals surface area contributed by atoms with Crippen LogP contribution in [0.2, 0.25) is 5.15 Å². The molecule has 2 aromatic heterocycles. The van der Waals surface area contributed by atoms with Gasteiger partial charge in [-0.3, -0.25) is 4.57 Å². The molecule has 33 heavy (non-hydrogen) atoms. The molecule has 0 aliphatic carbocycles. The average Bonchev–Trinajstić information content (AvgIpc) is 3.29. The summed E-state index contributed by atoms with van der Waals surface area (Å²) in [4.78, 5) is 25.0. The Balaban J connectivity index is 1.67. The lowest BCUT2D eigenvalue weighted by atomic mass is 10.1. The summed E-state index contributed by atoms with van der Waals surface area (Å²) < 4.78 is 49.8. The van der Waals surface area contributed by atoms with Gasteiger partial charge in [0, 0.05) is 0 Å². The average molecular weight is 505 g/mol. The van der Waals surface area contributed by atoms with E-state index in [2.05, 4.69) is 15.0 Å². The van der Waals surface area contributed by atoms with Crippen molar-refractivity contribution in [3.8, 4) is 0 Å². The van der Waals surface area contributed by atoms with Crippen molar-refractivity contribution in [3.05, 3.63) is 17.8 Å². The molecule has 4 atom stereocenters. The van der Waals surface area contributed by atoms with Crippen LogP contribution in [0.3, 0.4) is 0 Å². The van der Waals surface area contributed by atoms with Crippen molar-refractivity contribution in [3.63, 3.8) is 0 Å². The Morgan fingerprint density at radius 2 is 1.94 bits per heavy atom. The molecule has 2 aromatic rings. The third-order valence-corrected chi connectivity index (χ3v) is 6.15. The summed E-state index contributed by atoms with van der Waals surface area (Å²) in [5.41, 5.74) is -0.185. The molecule has 2 N–H and O–H groups in total. The van der Waals surface area contributed by atoms with Crippen LogP contribution in [-0.4, -0.2) is 74.6 Å². The fourth-order valence-corrected chi connectivity index (χ4v) is 4.57. The highest BCUT2D eigenvalue weighted by Gasteiger charge is 2.57. The van der Waals surface area contributed by atoms with Gasteiger partial charge < -0.3 is 18.9 Å². The van der Waals surface area contributed by atoms with E-state index in [1.54, 1.807) is 39.2 Å². The first-order chi connectivity index (χ1) is 15.2. The topological polar surface area (TPSA) is 161 Å². The Morgan fingerprint density at radius 1 is 1.27 bits per heavy atom. The predicted octanol–water partition coefficient (Wildman–Crippen LogP) is 1.34. The first kappa shape index (κ1) is 24.0. The van der Waals surface area contributed by atoms with Crippen LogP contribution in [0.4, 0.5) is 4.79 Å². The van der Waals surface area contributed by atoms with E-state index in [-0.39, 0.29) is 5.15 Å². The van der Waals surface area contributed by atoms with Crippen molar-refractivity contribution in [2.45, 2.75) is 70.5 Å². The molecule has 0 radical (unpaired) electrons. The SMILES string of the molecule is CC(C)(C)OC(=O)N(C[C@H]1O[C@@H](n2cnc3c(Cl)ncnc32)[C@@H]2OC(C)(C)O[C@@H]21)S(N)(=O)=O. The normalized spacial score (nSPS) is 27.0. The minimum absolute atomic E-state index is 0.166. The van der Waals surface area contributed by atoms with Crippen LogP contribution in [0, 0.1) is 0 Å². The number of rotatable bonds is 4. The number of nitrogens with two attached hydrogens (primary N) is 1. The molecule has 2 fully saturated rings. The van der Waals surface area contributed by atoms with Gasteiger partial charge in [0.15, 0.2) is 22.8 Å². The molecule has 1 amide bonds. The van der Waals surface area contributed by atoms with Gasteiger partial charge in [-0.05, 0) is 34.6 Å². The minimum atomic E-state index is -4.47. The number of carbonyl (C=O) groups excluding carboxylic acids is 1. The Labute approximate surface area is 195 Å². The molecule has 2 saturated heterocycles. The molecule has 0 aromatic carbocycles. The number of amides is 1. The second kappa shape index (κ2) is 7.99. The lowest BCUT2D eigenvalue weighted by Gasteiger charge is -2.29.